The number of rotatable bonds is 7. The molecule has 6 aliphatic rings. The van der Waals surface area contributed by atoms with Crippen LogP contribution in [0.3, 0.4) is 0 Å². The molecule has 4 N–H and O–H groups in total. The van der Waals surface area contributed by atoms with Gasteiger partial charge in [-0.2, -0.15) is 0 Å². The van der Waals surface area contributed by atoms with E-state index in [-0.39, 0.29) is 35.7 Å². The van der Waals surface area contributed by atoms with Crippen LogP contribution in [0, 0.1) is 0 Å². The highest BCUT2D eigenvalue weighted by atomic mass is 16.5. The van der Waals surface area contributed by atoms with Crippen LogP contribution in [0.25, 0.3) is 11.3 Å². The summed E-state index contributed by atoms with van der Waals surface area (Å²) in [6.45, 7) is 4.96. The number of para-hydroxylation sites is 1. The molecule has 2 aromatic heterocycles. The number of nitrogens with two attached hydrogens (primary N) is 1. The third-order valence-corrected chi connectivity index (χ3v) is 13.8. The van der Waals surface area contributed by atoms with Crippen LogP contribution < -0.4 is 30.5 Å². The van der Waals surface area contributed by atoms with Crippen molar-refractivity contribution in [2.45, 2.75) is 100 Å². The first-order valence-electron chi connectivity index (χ1n) is 21.2. The number of fused-ring (bicyclic) bond motifs is 3. The van der Waals surface area contributed by atoms with E-state index in [0.29, 0.717) is 60.9 Å². The number of hydrogen-bond donors (Lipinski definition) is 3. The number of phenols is 1. The normalized spacial score (nSPS) is 26.6. The lowest BCUT2D eigenvalue weighted by Crippen LogP contribution is -2.54. The average molecular weight is 785 g/mol. The summed E-state index contributed by atoms with van der Waals surface area (Å²) in [6.07, 6.45) is 11.9. The van der Waals surface area contributed by atoms with Crippen LogP contribution in [-0.2, 0) is 9.59 Å². The zero-order valence-electron chi connectivity index (χ0n) is 32.9. The van der Waals surface area contributed by atoms with Crippen LogP contribution in [0.2, 0.25) is 0 Å². The van der Waals surface area contributed by atoms with Crippen LogP contribution in [0.5, 0.6) is 11.5 Å². The van der Waals surface area contributed by atoms with E-state index in [9.17, 15) is 14.7 Å². The molecule has 0 unspecified atom stereocenters. The van der Waals surface area contributed by atoms with Gasteiger partial charge in [-0.3, -0.25) is 14.9 Å². The average Bonchev–Trinajstić information content (AvgIpc) is 3.52. The highest BCUT2D eigenvalue weighted by Crippen LogP contribution is 2.43. The molecule has 0 radical (unpaired) electrons. The van der Waals surface area contributed by atoms with Gasteiger partial charge in [-0.1, -0.05) is 18.2 Å². The van der Waals surface area contributed by atoms with E-state index in [1.54, 1.807) is 12.1 Å². The van der Waals surface area contributed by atoms with Gasteiger partial charge in [0.2, 0.25) is 17.8 Å². The highest BCUT2D eigenvalue weighted by Gasteiger charge is 2.43. The largest absolute Gasteiger partial charge is 0.507 e. The molecule has 1 aliphatic carbocycles. The summed E-state index contributed by atoms with van der Waals surface area (Å²) in [6, 6.07) is 18.6. The summed E-state index contributed by atoms with van der Waals surface area (Å²) in [5.41, 5.74) is 11.9. The monoisotopic (exact) mass is 784 g/mol. The van der Waals surface area contributed by atoms with Crippen molar-refractivity contribution in [3.05, 3.63) is 72.1 Å². The molecule has 10 rings (SSSR count). The van der Waals surface area contributed by atoms with Crippen molar-refractivity contribution in [2.24, 2.45) is 0 Å². The summed E-state index contributed by atoms with van der Waals surface area (Å²) in [7, 11) is 0. The Morgan fingerprint density at radius 3 is 2.34 bits per heavy atom. The van der Waals surface area contributed by atoms with E-state index in [0.717, 1.165) is 93.5 Å². The maximum Gasteiger partial charge on any atom is 0.249 e. The number of likely N-dealkylation sites (tertiary alicyclic amines) is 1. The minimum absolute atomic E-state index is 0.171. The van der Waals surface area contributed by atoms with E-state index in [2.05, 4.69) is 59.4 Å². The number of aromatic hydroxyl groups is 1. The fourth-order valence-electron chi connectivity index (χ4n) is 10.8. The number of nitrogens with one attached hydrogen (secondary N) is 1. The molecule has 7 heterocycles. The fraction of sp³-hybridized carbons (Fsp3) is 0.500. The van der Waals surface area contributed by atoms with Crippen molar-refractivity contribution < 1.29 is 19.4 Å². The third-order valence-electron chi connectivity index (χ3n) is 13.8. The molecule has 302 valence electrons. The molecule has 1 saturated carbocycles. The van der Waals surface area contributed by atoms with Crippen LogP contribution in [0.15, 0.2) is 60.8 Å². The van der Waals surface area contributed by atoms with Crippen LogP contribution in [-0.4, -0.2) is 105 Å². The number of amides is 2. The molecule has 4 saturated heterocycles. The Morgan fingerprint density at radius 2 is 1.57 bits per heavy atom. The predicted molar refractivity (Wildman–Crippen MR) is 221 cm³/mol. The molecule has 2 amide bonds. The molecule has 58 heavy (non-hydrogen) atoms. The second kappa shape index (κ2) is 15.3. The first-order valence-corrected chi connectivity index (χ1v) is 21.2. The van der Waals surface area contributed by atoms with Crippen molar-refractivity contribution in [1.82, 2.24) is 30.4 Å². The molecule has 14 nitrogen and oxygen atoms in total. The number of piperidine rings is 2. The summed E-state index contributed by atoms with van der Waals surface area (Å²) >= 11 is 0. The first kappa shape index (κ1) is 36.8. The van der Waals surface area contributed by atoms with Gasteiger partial charge in [0, 0.05) is 61.0 Å². The molecule has 14 heteroatoms. The molecular formula is C44H52N10O4. The molecule has 5 fully saturated rings. The topological polar surface area (TPSA) is 166 Å². The highest BCUT2D eigenvalue weighted by molar-refractivity contribution is 6.02. The Balaban J connectivity index is 0.739. The van der Waals surface area contributed by atoms with Gasteiger partial charge in [0.25, 0.3) is 0 Å². The SMILES string of the molecule is Nc1nnc(-c2ccccc2O)cc1N1C[C@H]2CC[C@@H](C1)N2c1nccc(C2CCN(C3CCC(c4ccc5c(c4)OCCN5[C@@H]4CCC(=O)NC4=O)CC3)CC2)n1. The van der Waals surface area contributed by atoms with Crippen LogP contribution in [0.1, 0.15) is 87.3 Å². The van der Waals surface area contributed by atoms with Crippen molar-refractivity contribution in [1.29, 1.82) is 0 Å². The minimum atomic E-state index is -0.329. The summed E-state index contributed by atoms with van der Waals surface area (Å²) in [5, 5.41) is 21.5. The number of ether oxygens (including phenoxy) is 1. The summed E-state index contributed by atoms with van der Waals surface area (Å²) < 4.78 is 6.12. The van der Waals surface area contributed by atoms with Gasteiger partial charge in [-0.05, 0) is 119 Å². The zero-order valence-corrected chi connectivity index (χ0v) is 32.9. The predicted octanol–water partition coefficient (Wildman–Crippen LogP) is 4.99. The number of imide groups is 1. The Hall–Kier alpha value is -5.50. The fourth-order valence-corrected chi connectivity index (χ4v) is 10.8. The van der Waals surface area contributed by atoms with Gasteiger partial charge in [0.1, 0.15) is 24.1 Å². The molecule has 2 bridgehead atoms. The van der Waals surface area contributed by atoms with Gasteiger partial charge in [-0.25, -0.2) is 9.97 Å². The van der Waals surface area contributed by atoms with Crippen molar-refractivity contribution in [3.63, 3.8) is 0 Å². The maximum absolute atomic E-state index is 12.6. The van der Waals surface area contributed by atoms with Gasteiger partial charge in [-0.15, -0.1) is 10.2 Å². The molecule has 3 atom stereocenters. The number of benzene rings is 2. The van der Waals surface area contributed by atoms with Gasteiger partial charge in [0.15, 0.2) is 5.82 Å². The van der Waals surface area contributed by atoms with Crippen molar-refractivity contribution in [3.8, 4) is 22.8 Å². The van der Waals surface area contributed by atoms with Crippen LogP contribution >= 0.6 is 0 Å². The number of piperazine rings is 1. The van der Waals surface area contributed by atoms with Gasteiger partial charge < -0.3 is 35.2 Å². The van der Waals surface area contributed by atoms with Gasteiger partial charge >= 0.3 is 0 Å². The standard InChI is InChI=1S/C44H52N10O4/c45-42-38(24-35(49-50-42)33-3-1-2-4-39(33)55)52-25-31-10-11-32(26-52)54(31)44-46-18-15-34(47-44)28-16-19-51(20-17-28)30-8-5-27(6-9-30)29-7-12-36-40(23-29)58-22-21-53(36)37-13-14-41(56)48-43(37)57/h1-4,7,12,15,18,23-24,27-28,30-32,37,55H,5-6,8-11,13-14,16-17,19-22,25-26H2,(H2,45,50)(H,48,56,57)/t27?,30?,31-,32+,37-/m1/s1. The van der Waals surface area contributed by atoms with Crippen molar-refractivity contribution in [2.75, 3.05) is 59.8 Å². The Labute approximate surface area is 338 Å². The number of nitrogen functional groups attached to an aromatic ring is 1. The zero-order chi connectivity index (χ0) is 39.3. The quantitative estimate of drug-likeness (QED) is 0.215. The molecule has 2 aromatic carbocycles. The van der Waals surface area contributed by atoms with E-state index in [1.807, 2.05) is 24.4 Å². The van der Waals surface area contributed by atoms with E-state index in [1.165, 1.54) is 18.4 Å². The Bertz CT molecular complexity index is 2170. The Morgan fingerprint density at radius 1 is 0.793 bits per heavy atom. The van der Waals surface area contributed by atoms with E-state index >= 15 is 0 Å². The second-order valence-electron chi connectivity index (χ2n) is 17.0. The molecule has 0 spiro atoms. The number of anilines is 4. The number of hydrogen-bond acceptors (Lipinski definition) is 13. The maximum atomic E-state index is 12.6. The number of nitrogens with zero attached hydrogens (tertiary/aromatic N) is 8. The van der Waals surface area contributed by atoms with E-state index in [4.69, 9.17) is 20.4 Å². The number of aromatic nitrogens is 4. The molecule has 4 aromatic rings. The first-order chi connectivity index (χ1) is 28.4. The second-order valence-corrected chi connectivity index (χ2v) is 17.0. The summed E-state index contributed by atoms with van der Waals surface area (Å²) in [5.74, 6) is 2.81. The lowest BCUT2D eigenvalue weighted by molar-refractivity contribution is -0.134. The third kappa shape index (κ3) is 6.94. The number of carbonyl (C=O) groups is 2. The van der Waals surface area contributed by atoms with Crippen molar-refractivity contribution >= 4 is 35.0 Å². The number of carbonyl (C=O) groups excluding carboxylic acids is 2. The minimum Gasteiger partial charge on any atom is -0.507 e. The van der Waals surface area contributed by atoms with E-state index < -0.39 is 0 Å². The summed E-state index contributed by atoms with van der Waals surface area (Å²) in [4.78, 5) is 44.1. The lowest BCUT2D eigenvalue weighted by atomic mass is 9.80. The number of phenolic OH excluding ortho intramolecular Hbond substituents is 1. The lowest BCUT2D eigenvalue weighted by Gasteiger charge is -2.43. The smallest absolute Gasteiger partial charge is 0.249 e. The Kier molecular flexibility index (Phi) is 9.74. The van der Waals surface area contributed by atoms with Crippen LogP contribution in [0.4, 0.5) is 23.1 Å². The molecule has 5 aliphatic heterocycles. The molecular weight excluding hydrogens is 733 g/mol. The van der Waals surface area contributed by atoms with Gasteiger partial charge in [0.05, 0.1) is 23.6 Å².